The van der Waals surface area contributed by atoms with Crippen LogP contribution in [0.15, 0.2) is 0 Å². The van der Waals surface area contributed by atoms with Crippen LogP contribution in [0.25, 0.3) is 0 Å². The molecule has 0 atom stereocenters. The highest BCUT2D eigenvalue weighted by Gasteiger charge is 2.32. The van der Waals surface area contributed by atoms with Crippen LogP contribution in [-0.4, -0.2) is 24.6 Å². The van der Waals surface area contributed by atoms with Gasteiger partial charge in [-0.1, -0.05) is 32.1 Å². The highest BCUT2D eigenvalue weighted by Crippen LogP contribution is 2.30. The van der Waals surface area contributed by atoms with E-state index in [1.807, 2.05) is 7.05 Å². The number of hydrogen-bond acceptors (Lipinski definition) is 3. The molecule has 2 saturated carbocycles. The van der Waals surface area contributed by atoms with Gasteiger partial charge in [-0.05, 0) is 32.7 Å². The summed E-state index contributed by atoms with van der Waals surface area (Å²) in [7, 11) is 1.97. The minimum Gasteiger partial charge on any atom is -0.314 e. The summed E-state index contributed by atoms with van der Waals surface area (Å²) in [5.74, 6) is 0.0261. The van der Waals surface area contributed by atoms with E-state index >= 15 is 0 Å². The van der Waals surface area contributed by atoms with Crippen LogP contribution in [0.4, 0.5) is 0 Å². The Balaban J connectivity index is 1.74. The molecule has 0 aromatic heterocycles. The number of carbonyl (C=O) groups excluding carboxylic acids is 1. The van der Waals surface area contributed by atoms with Crippen molar-refractivity contribution in [1.82, 2.24) is 10.8 Å². The maximum atomic E-state index is 12.0. The third-order valence-corrected chi connectivity index (χ3v) is 4.48. The van der Waals surface area contributed by atoms with E-state index in [-0.39, 0.29) is 17.6 Å². The first-order valence-electron chi connectivity index (χ1n) is 7.37. The summed E-state index contributed by atoms with van der Waals surface area (Å²) in [6.07, 6.45) is 11.3. The molecule has 0 spiro atoms. The lowest BCUT2D eigenvalue weighted by atomic mass is 9.79. The molecule has 0 heterocycles. The quantitative estimate of drug-likeness (QED) is 0.740. The molecular formula is C14H26N2O2. The predicted octanol–water partition coefficient (Wildman–Crippen LogP) is 2.29. The molecular weight excluding hydrogens is 228 g/mol. The monoisotopic (exact) mass is 254 g/mol. The fourth-order valence-corrected chi connectivity index (χ4v) is 3.24. The van der Waals surface area contributed by atoms with Crippen molar-refractivity contribution in [1.29, 1.82) is 0 Å². The number of amides is 1. The van der Waals surface area contributed by atoms with E-state index in [0.29, 0.717) is 6.42 Å². The molecule has 0 aromatic carbocycles. The van der Waals surface area contributed by atoms with Gasteiger partial charge in [-0.25, -0.2) is 5.48 Å². The van der Waals surface area contributed by atoms with Gasteiger partial charge in [-0.15, -0.1) is 0 Å². The first-order valence-corrected chi connectivity index (χ1v) is 7.37. The summed E-state index contributed by atoms with van der Waals surface area (Å²) in [6, 6.07) is 0. The van der Waals surface area contributed by atoms with Gasteiger partial charge in [0.2, 0.25) is 5.91 Å². The van der Waals surface area contributed by atoms with E-state index < -0.39 is 0 Å². The zero-order chi connectivity index (χ0) is 12.8. The molecule has 2 aliphatic carbocycles. The second-order valence-electron chi connectivity index (χ2n) is 5.82. The molecule has 2 N–H and O–H groups in total. The minimum absolute atomic E-state index is 0.00136. The number of hydrogen-bond donors (Lipinski definition) is 2. The molecule has 4 nitrogen and oxygen atoms in total. The van der Waals surface area contributed by atoms with Crippen LogP contribution < -0.4 is 10.8 Å². The maximum absolute atomic E-state index is 12.0. The van der Waals surface area contributed by atoms with Gasteiger partial charge in [0.15, 0.2) is 0 Å². The van der Waals surface area contributed by atoms with Crippen molar-refractivity contribution < 1.29 is 9.63 Å². The van der Waals surface area contributed by atoms with E-state index in [4.69, 9.17) is 4.84 Å². The van der Waals surface area contributed by atoms with E-state index in [1.165, 1.54) is 32.1 Å². The zero-order valence-electron chi connectivity index (χ0n) is 11.5. The minimum atomic E-state index is 0.00136. The zero-order valence-corrected chi connectivity index (χ0v) is 11.5. The molecule has 0 radical (unpaired) electrons. The third-order valence-electron chi connectivity index (χ3n) is 4.48. The summed E-state index contributed by atoms with van der Waals surface area (Å²) in [5.41, 5.74) is 2.65. The van der Waals surface area contributed by atoms with Crippen LogP contribution in [-0.2, 0) is 9.63 Å². The van der Waals surface area contributed by atoms with E-state index in [1.54, 1.807) is 0 Å². The van der Waals surface area contributed by atoms with Gasteiger partial charge < -0.3 is 5.32 Å². The van der Waals surface area contributed by atoms with Gasteiger partial charge in [-0.2, -0.15) is 0 Å². The molecule has 18 heavy (non-hydrogen) atoms. The van der Waals surface area contributed by atoms with Crippen molar-refractivity contribution in [2.45, 2.75) is 75.9 Å². The second-order valence-corrected chi connectivity index (χ2v) is 5.82. The highest BCUT2D eigenvalue weighted by molar-refractivity contribution is 5.76. The summed E-state index contributed by atoms with van der Waals surface area (Å²) >= 11 is 0. The van der Waals surface area contributed by atoms with Crippen molar-refractivity contribution in [3.8, 4) is 0 Å². The lowest BCUT2D eigenvalue weighted by molar-refractivity contribution is -0.140. The van der Waals surface area contributed by atoms with Crippen LogP contribution in [0, 0.1) is 0 Å². The summed E-state index contributed by atoms with van der Waals surface area (Å²) in [5, 5.41) is 3.36. The lowest BCUT2D eigenvalue weighted by Crippen LogP contribution is -2.48. The summed E-state index contributed by atoms with van der Waals surface area (Å²) in [4.78, 5) is 17.4. The first kappa shape index (κ1) is 13.8. The third kappa shape index (κ3) is 3.69. The molecule has 0 bridgehead atoms. The lowest BCUT2D eigenvalue weighted by Gasteiger charge is -2.36. The van der Waals surface area contributed by atoms with Crippen molar-refractivity contribution in [2.75, 3.05) is 7.05 Å². The van der Waals surface area contributed by atoms with Gasteiger partial charge in [-0.3, -0.25) is 9.63 Å². The highest BCUT2D eigenvalue weighted by atomic mass is 16.7. The normalized spacial score (nSPS) is 24.1. The average Bonchev–Trinajstić information content (AvgIpc) is 2.91. The van der Waals surface area contributed by atoms with Crippen molar-refractivity contribution in [3.63, 3.8) is 0 Å². The van der Waals surface area contributed by atoms with Gasteiger partial charge in [0, 0.05) is 12.0 Å². The van der Waals surface area contributed by atoms with Crippen LogP contribution in [0.2, 0.25) is 0 Å². The van der Waals surface area contributed by atoms with Gasteiger partial charge in [0.05, 0.1) is 6.10 Å². The van der Waals surface area contributed by atoms with Crippen LogP contribution in [0.1, 0.15) is 64.2 Å². The molecule has 2 rings (SSSR count). The molecule has 2 fully saturated rings. The molecule has 2 aliphatic rings. The first-order chi connectivity index (χ1) is 8.74. The van der Waals surface area contributed by atoms with E-state index in [9.17, 15) is 4.79 Å². The number of nitrogens with one attached hydrogen (secondary N) is 2. The maximum Gasteiger partial charge on any atom is 0.245 e. The van der Waals surface area contributed by atoms with Gasteiger partial charge in [0.25, 0.3) is 0 Å². The van der Waals surface area contributed by atoms with Crippen LogP contribution in [0.5, 0.6) is 0 Å². The molecule has 0 aliphatic heterocycles. The molecule has 0 aromatic rings. The number of carbonyl (C=O) groups is 1. The van der Waals surface area contributed by atoms with E-state index in [0.717, 1.165) is 25.7 Å². The number of hydroxylamine groups is 1. The largest absolute Gasteiger partial charge is 0.314 e. The fourth-order valence-electron chi connectivity index (χ4n) is 3.24. The van der Waals surface area contributed by atoms with Crippen molar-refractivity contribution >= 4 is 5.91 Å². The Morgan fingerprint density at radius 1 is 1.17 bits per heavy atom. The molecule has 0 unspecified atom stereocenters. The Kier molecular flexibility index (Phi) is 5.01. The fraction of sp³-hybridized carbons (Fsp3) is 0.929. The van der Waals surface area contributed by atoms with Crippen LogP contribution >= 0.6 is 0 Å². The average molecular weight is 254 g/mol. The van der Waals surface area contributed by atoms with E-state index in [2.05, 4.69) is 10.8 Å². The number of rotatable bonds is 5. The smallest absolute Gasteiger partial charge is 0.245 e. The molecule has 1 amide bonds. The predicted molar refractivity (Wildman–Crippen MR) is 71.0 cm³/mol. The Morgan fingerprint density at radius 3 is 2.44 bits per heavy atom. The summed E-state index contributed by atoms with van der Waals surface area (Å²) < 4.78 is 0. The second kappa shape index (κ2) is 6.53. The van der Waals surface area contributed by atoms with Gasteiger partial charge in [0.1, 0.15) is 0 Å². The molecule has 0 saturated heterocycles. The van der Waals surface area contributed by atoms with Crippen LogP contribution in [0.3, 0.4) is 0 Å². The van der Waals surface area contributed by atoms with Crippen molar-refractivity contribution in [2.24, 2.45) is 0 Å². The molecule has 104 valence electrons. The van der Waals surface area contributed by atoms with Gasteiger partial charge >= 0.3 is 0 Å². The summed E-state index contributed by atoms with van der Waals surface area (Å²) in [6.45, 7) is 0. The molecule has 4 heteroatoms. The Labute approximate surface area is 110 Å². The standard InChI is InChI=1S/C14H26N2O2/c1-15-14(9-5-2-6-10-14)11-13(17)16-18-12-7-3-4-8-12/h12,15H,2-11H2,1H3,(H,16,17). The van der Waals surface area contributed by atoms with Crippen molar-refractivity contribution in [3.05, 3.63) is 0 Å². The Bertz CT molecular complexity index is 269. The Morgan fingerprint density at radius 2 is 1.83 bits per heavy atom. The SMILES string of the molecule is CNC1(CC(=O)NOC2CCCC2)CCCCC1. The topological polar surface area (TPSA) is 50.4 Å². The Hall–Kier alpha value is -0.610.